The van der Waals surface area contributed by atoms with Gasteiger partial charge in [-0.3, -0.25) is 4.57 Å². The van der Waals surface area contributed by atoms with Crippen LogP contribution in [0.4, 0.5) is 19.1 Å². The molecule has 0 atom stereocenters. The maximum absolute atomic E-state index is 12.6. The standard InChI is InChI=1S/C10H15F3N4S/c1-2-5-16-8(14-15-9(16)18)17(7-3-4-7)6-10(11,12)13/h7H,2-6H2,1H3,(H,15,18). The molecule has 1 fully saturated rings. The zero-order valence-electron chi connectivity index (χ0n) is 10.00. The lowest BCUT2D eigenvalue weighted by molar-refractivity contribution is -0.120. The highest BCUT2D eigenvalue weighted by Gasteiger charge is 2.40. The van der Waals surface area contributed by atoms with Crippen molar-refractivity contribution < 1.29 is 13.2 Å². The zero-order valence-corrected chi connectivity index (χ0v) is 10.8. The Balaban J connectivity index is 2.28. The average molecular weight is 280 g/mol. The van der Waals surface area contributed by atoms with Crippen LogP contribution in [0.1, 0.15) is 26.2 Å². The second-order valence-electron chi connectivity index (χ2n) is 4.45. The quantitative estimate of drug-likeness (QED) is 0.843. The van der Waals surface area contributed by atoms with E-state index >= 15 is 0 Å². The molecule has 0 radical (unpaired) electrons. The number of aromatic nitrogens is 3. The van der Waals surface area contributed by atoms with E-state index < -0.39 is 12.7 Å². The first-order chi connectivity index (χ1) is 8.42. The third kappa shape index (κ3) is 3.04. The third-order valence-electron chi connectivity index (χ3n) is 2.78. The summed E-state index contributed by atoms with van der Waals surface area (Å²) in [5.74, 6) is 0.307. The van der Waals surface area contributed by atoms with Crippen molar-refractivity contribution in [2.24, 2.45) is 0 Å². The maximum Gasteiger partial charge on any atom is 0.406 e. The molecule has 0 saturated heterocycles. The monoisotopic (exact) mass is 280 g/mol. The van der Waals surface area contributed by atoms with Crippen LogP contribution in [0.5, 0.6) is 0 Å². The van der Waals surface area contributed by atoms with E-state index in [1.165, 1.54) is 4.90 Å². The number of nitrogens with zero attached hydrogens (tertiary/aromatic N) is 3. The summed E-state index contributed by atoms with van der Waals surface area (Å²) in [6.45, 7) is 1.55. The van der Waals surface area contributed by atoms with Gasteiger partial charge in [-0.1, -0.05) is 6.92 Å². The Morgan fingerprint density at radius 2 is 2.17 bits per heavy atom. The number of aromatic amines is 1. The third-order valence-corrected chi connectivity index (χ3v) is 3.09. The fourth-order valence-corrected chi connectivity index (χ4v) is 2.11. The Kier molecular flexibility index (Phi) is 3.65. The van der Waals surface area contributed by atoms with Gasteiger partial charge in [-0.2, -0.15) is 13.2 Å². The van der Waals surface area contributed by atoms with Gasteiger partial charge < -0.3 is 4.90 Å². The van der Waals surface area contributed by atoms with Crippen LogP contribution in [0.15, 0.2) is 0 Å². The first-order valence-electron chi connectivity index (χ1n) is 5.91. The molecule has 0 aromatic carbocycles. The van der Waals surface area contributed by atoms with E-state index in [0.717, 1.165) is 19.3 Å². The lowest BCUT2D eigenvalue weighted by Crippen LogP contribution is -2.37. The van der Waals surface area contributed by atoms with Gasteiger partial charge in [0.1, 0.15) is 6.54 Å². The average Bonchev–Trinajstić information content (AvgIpc) is 3.03. The Bertz CT molecular complexity index is 460. The highest BCUT2D eigenvalue weighted by atomic mass is 32.1. The van der Waals surface area contributed by atoms with Crippen LogP contribution in [-0.2, 0) is 6.54 Å². The van der Waals surface area contributed by atoms with Crippen molar-refractivity contribution >= 4 is 18.2 Å². The van der Waals surface area contributed by atoms with Gasteiger partial charge in [0.15, 0.2) is 4.77 Å². The summed E-state index contributed by atoms with van der Waals surface area (Å²) >= 11 is 5.04. The van der Waals surface area contributed by atoms with Gasteiger partial charge in [0, 0.05) is 12.6 Å². The molecular weight excluding hydrogens is 265 g/mol. The summed E-state index contributed by atoms with van der Waals surface area (Å²) in [5, 5.41) is 6.53. The van der Waals surface area contributed by atoms with Gasteiger partial charge in [0.2, 0.25) is 5.95 Å². The minimum atomic E-state index is -4.23. The molecule has 0 spiro atoms. The minimum absolute atomic E-state index is 0.0626. The highest BCUT2D eigenvalue weighted by Crippen LogP contribution is 2.33. The predicted molar refractivity (Wildman–Crippen MR) is 64.1 cm³/mol. The smallest absolute Gasteiger partial charge is 0.329 e. The van der Waals surface area contributed by atoms with Crippen molar-refractivity contribution in [2.75, 3.05) is 11.4 Å². The Labute approximate surface area is 108 Å². The summed E-state index contributed by atoms with van der Waals surface area (Å²) < 4.78 is 39.8. The lowest BCUT2D eigenvalue weighted by atomic mass is 10.4. The molecule has 1 heterocycles. The number of hydrogen-bond acceptors (Lipinski definition) is 3. The molecule has 1 aliphatic carbocycles. The van der Waals surface area contributed by atoms with Crippen molar-refractivity contribution in [2.45, 2.75) is 44.9 Å². The molecule has 0 bridgehead atoms. The molecule has 1 N–H and O–H groups in total. The fraction of sp³-hybridized carbons (Fsp3) is 0.800. The Morgan fingerprint density at radius 3 is 2.67 bits per heavy atom. The van der Waals surface area contributed by atoms with E-state index in [-0.39, 0.29) is 6.04 Å². The van der Waals surface area contributed by atoms with Crippen LogP contribution < -0.4 is 4.90 Å². The molecule has 1 aliphatic rings. The summed E-state index contributed by atoms with van der Waals surface area (Å²) in [6.07, 6.45) is -1.87. The van der Waals surface area contributed by atoms with Crippen molar-refractivity contribution in [3.63, 3.8) is 0 Å². The number of alkyl halides is 3. The number of halogens is 3. The topological polar surface area (TPSA) is 36.9 Å². The van der Waals surface area contributed by atoms with Crippen LogP contribution >= 0.6 is 12.2 Å². The Hall–Kier alpha value is -1.05. The summed E-state index contributed by atoms with van der Waals surface area (Å²) in [7, 11) is 0. The number of nitrogens with one attached hydrogen (secondary N) is 1. The Morgan fingerprint density at radius 1 is 1.50 bits per heavy atom. The highest BCUT2D eigenvalue weighted by molar-refractivity contribution is 7.71. The number of anilines is 1. The molecule has 0 amide bonds. The molecule has 102 valence electrons. The van der Waals surface area contributed by atoms with Crippen LogP contribution in [0.3, 0.4) is 0 Å². The molecular formula is C10H15F3N4S. The zero-order chi connectivity index (χ0) is 13.3. The van der Waals surface area contributed by atoms with Crippen molar-refractivity contribution in [1.29, 1.82) is 0 Å². The van der Waals surface area contributed by atoms with Crippen LogP contribution in [-0.4, -0.2) is 33.5 Å². The van der Waals surface area contributed by atoms with E-state index in [4.69, 9.17) is 12.2 Å². The van der Waals surface area contributed by atoms with E-state index in [1.54, 1.807) is 4.57 Å². The molecule has 1 aromatic rings. The maximum atomic E-state index is 12.6. The van der Waals surface area contributed by atoms with E-state index in [2.05, 4.69) is 10.2 Å². The van der Waals surface area contributed by atoms with E-state index in [9.17, 15) is 13.2 Å². The summed E-state index contributed by atoms with van der Waals surface area (Å²) in [4.78, 5) is 1.31. The van der Waals surface area contributed by atoms with Gasteiger partial charge in [-0.15, -0.1) is 5.10 Å². The molecule has 4 nitrogen and oxygen atoms in total. The van der Waals surface area contributed by atoms with Crippen LogP contribution in [0.25, 0.3) is 0 Å². The number of rotatable bonds is 5. The SMILES string of the molecule is CCCn1c(N(CC(F)(F)F)C2CC2)n[nH]c1=S. The second-order valence-corrected chi connectivity index (χ2v) is 4.84. The summed E-state index contributed by atoms with van der Waals surface area (Å²) in [6, 6.07) is -0.0626. The number of hydrogen-bond donors (Lipinski definition) is 1. The molecule has 1 saturated carbocycles. The van der Waals surface area contributed by atoms with Crippen LogP contribution in [0.2, 0.25) is 0 Å². The van der Waals surface area contributed by atoms with E-state index in [1.807, 2.05) is 6.92 Å². The predicted octanol–water partition coefficient (Wildman–Crippen LogP) is 2.88. The van der Waals surface area contributed by atoms with Crippen molar-refractivity contribution in [3.8, 4) is 0 Å². The molecule has 1 aromatic heterocycles. The van der Waals surface area contributed by atoms with Gasteiger partial charge in [-0.25, -0.2) is 5.10 Å². The largest absolute Gasteiger partial charge is 0.406 e. The number of H-pyrrole nitrogens is 1. The van der Waals surface area contributed by atoms with Crippen molar-refractivity contribution in [3.05, 3.63) is 4.77 Å². The summed E-state index contributed by atoms with van der Waals surface area (Å²) in [5.41, 5.74) is 0. The molecule has 0 aliphatic heterocycles. The first-order valence-corrected chi connectivity index (χ1v) is 6.32. The first kappa shape index (κ1) is 13.4. The van der Waals surface area contributed by atoms with Gasteiger partial charge in [-0.05, 0) is 31.5 Å². The molecule has 18 heavy (non-hydrogen) atoms. The normalized spacial score (nSPS) is 16.0. The molecule has 2 rings (SSSR count). The fourth-order valence-electron chi connectivity index (χ4n) is 1.90. The van der Waals surface area contributed by atoms with Gasteiger partial charge in [0.25, 0.3) is 0 Å². The lowest BCUT2D eigenvalue weighted by Gasteiger charge is -2.24. The molecule has 0 unspecified atom stereocenters. The van der Waals surface area contributed by atoms with E-state index in [0.29, 0.717) is 17.3 Å². The molecule has 8 heteroatoms. The van der Waals surface area contributed by atoms with Crippen molar-refractivity contribution in [1.82, 2.24) is 14.8 Å². The van der Waals surface area contributed by atoms with Crippen LogP contribution in [0, 0.1) is 4.77 Å². The minimum Gasteiger partial charge on any atom is -0.329 e. The second kappa shape index (κ2) is 4.91. The van der Waals surface area contributed by atoms with Gasteiger partial charge in [0.05, 0.1) is 0 Å². The van der Waals surface area contributed by atoms with Gasteiger partial charge >= 0.3 is 6.18 Å².